The molecule has 1 unspecified atom stereocenters. The van der Waals surface area contributed by atoms with Crippen LogP contribution in [0, 0.1) is 5.82 Å². The van der Waals surface area contributed by atoms with E-state index in [2.05, 4.69) is 23.8 Å². The van der Waals surface area contributed by atoms with Crippen molar-refractivity contribution in [3.05, 3.63) is 29.6 Å². The van der Waals surface area contributed by atoms with Crippen LogP contribution in [0.15, 0.2) is 18.2 Å². The molecule has 3 nitrogen and oxygen atoms in total. The molecule has 1 aromatic rings. The molecule has 2 rings (SSSR count). The SMILES string of the molecule is CCC1CN(C)CCCN1c1ccc([C@@H](C)N)cc1F. The number of rotatable bonds is 3. The average Bonchev–Trinajstić information content (AvgIpc) is 2.60. The maximum Gasteiger partial charge on any atom is 0.146 e. The zero-order chi connectivity index (χ0) is 14.7. The van der Waals surface area contributed by atoms with Crippen molar-refractivity contribution in [1.29, 1.82) is 0 Å². The van der Waals surface area contributed by atoms with Gasteiger partial charge in [0.25, 0.3) is 0 Å². The third-order valence-corrected chi connectivity index (χ3v) is 4.18. The quantitative estimate of drug-likeness (QED) is 0.923. The van der Waals surface area contributed by atoms with Gasteiger partial charge in [-0.3, -0.25) is 0 Å². The van der Waals surface area contributed by atoms with Crippen LogP contribution >= 0.6 is 0 Å². The van der Waals surface area contributed by atoms with E-state index >= 15 is 0 Å². The van der Waals surface area contributed by atoms with Gasteiger partial charge in [-0.1, -0.05) is 13.0 Å². The number of benzene rings is 1. The molecule has 0 amide bonds. The predicted molar refractivity (Wildman–Crippen MR) is 82.5 cm³/mol. The Bertz CT molecular complexity index is 447. The lowest BCUT2D eigenvalue weighted by Gasteiger charge is -2.32. The van der Waals surface area contributed by atoms with Crippen LogP contribution < -0.4 is 10.6 Å². The van der Waals surface area contributed by atoms with Gasteiger partial charge in [0.05, 0.1) is 5.69 Å². The number of halogens is 1. The fourth-order valence-corrected chi connectivity index (χ4v) is 2.95. The Morgan fingerprint density at radius 2 is 2.15 bits per heavy atom. The summed E-state index contributed by atoms with van der Waals surface area (Å²) < 4.78 is 14.4. The van der Waals surface area contributed by atoms with Crippen molar-refractivity contribution in [2.24, 2.45) is 5.73 Å². The van der Waals surface area contributed by atoms with Crippen molar-refractivity contribution in [1.82, 2.24) is 4.90 Å². The highest BCUT2D eigenvalue weighted by molar-refractivity contribution is 5.50. The molecule has 0 radical (unpaired) electrons. The average molecular weight is 279 g/mol. The maximum atomic E-state index is 14.4. The molecule has 112 valence electrons. The maximum absolute atomic E-state index is 14.4. The fourth-order valence-electron chi connectivity index (χ4n) is 2.95. The third kappa shape index (κ3) is 3.30. The number of nitrogens with zero attached hydrogens (tertiary/aromatic N) is 2. The van der Waals surface area contributed by atoms with E-state index in [1.807, 2.05) is 19.1 Å². The van der Waals surface area contributed by atoms with Gasteiger partial charge >= 0.3 is 0 Å². The van der Waals surface area contributed by atoms with Gasteiger partial charge in [-0.15, -0.1) is 0 Å². The van der Waals surface area contributed by atoms with Crippen molar-refractivity contribution >= 4 is 5.69 Å². The van der Waals surface area contributed by atoms with Crippen LogP contribution in [0.5, 0.6) is 0 Å². The first kappa shape index (κ1) is 15.3. The second kappa shape index (κ2) is 6.55. The van der Waals surface area contributed by atoms with Crippen molar-refractivity contribution in [2.75, 3.05) is 31.6 Å². The van der Waals surface area contributed by atoms with E-state index in [1.54, 1.807) is 6.07 Å². The lowest BCUT2D eigenvalue weighted by Crippen LogP contribution is -2.40. The van der Waals surface area contributed by atoms with Crippen molar-refractivity contribution in [3.63, 3.8) is 0 Å². The number of hydrogen-bond acceptors (Lipinski definition) is 3. The summed E-state index contributed by atoms with van der Waals surface area (Å²) in [4.78, 5) is 4.56. The molecule has 1 aliphatic heterocycles. The molecule has 1 saturated heterocycles. The lowest BCUT2D eigenvalue weighted by molar-refractivity contribution is 0.327. The number of nitrogens with two attached hydrogens (primary N) is 1. The summed E-state index contributed by atoms with van der Waals surface area (Å²) in [5.74, 6) is -0.150. The highest BCUT2D eigenvalue weighted by atomic mass is 19.1. The topological polar surface area (TPSA) is 32.5 Å². The Kier molecular flexibility index (Phi) is 5.00. The summed E-state index contributed by atoms with van der Waals surface area (Å²) in [6.07, 6.45) is 2.10. The minimum atomic E-state index is -0.150. The molecule has 2 atom stereocenters. The zero-order valence-electron chi connectivity index (χ0n) is 12.8. The Balaban J connectivity index is 2.28. The summed E-state index contributed by atoms with van der Waals surface area (Å²) in [7, 11) is 2.14. The molecular weight excluding hydrogens is 253 g/mol. The first-order valence-electron chi connectivity index (χ1n) is 7.53. The summed E-state index contributed by atoms with van der Waals surface area (Å²) in [5, 5.41) is 0. The van der Waals surface area contributed by atoms with Crippen molar-refractivity contribution < 1.29 is 4.39 Å². The van der Waals surface area contributed by atoms with Gasteiger partial charge < -0.3 is 15.5 Å². The molecule has 0 saturated carbocycles. The number of anilines is 1. The van der Waals surface area contributed by atoms with Gasteiger partial charge in [-0.05, 0) is 51.1 Å². The van der Waals surface area contributed by atoms with Gasteiger partial charge in [0.15, 0.2) is 0 Å². The normalized spacial score (nSPS) is 22.6. The molecule has 0 bridgehead atoms. The molecule has 0 aromatic heterocycles. The van der Waals surface area contributed by atoms with Crippen LogP contribution in [0.3, 0.4) is 0 Å². The van der Waals surface area contributed by atoms with E-state index in [4.69, 9.17) is 5.73 Å². The molecule has 0 aliphatic carbocycles. The molecule has 0 spiro atoms. The van der Waals surface area contributed by atoms with Gasteiger partial charge in [0, 0.05) is 25.2 Å². The van der Waals surface area contributed by atoms with Gasteiger partial charge in [0.2, 0.25) is 0 Å². The van der Waals surface area contributed by atoms with E-state index in [1.165, 1.54) is 0 Å². The van der Waals surface area contributed by atoms with E-state index in [-0.39, 0.29) is 11.9 Å². The highest BCUT2D eigenvalue weighted by Gasteiger charge is 2.24. The first-order valence-corrected chi connectivity index (χ1v) is 7.53. The predicted octanol–water partition coefficient (Wildman–Crippen LogP) is 2.77. The molecule has 1 fully saturated rings. The molecular formula is C16H26FN3. The van der Waals surface area contributed by atoms with E-state index in [0.717, 1.165) is 43.7 Å². The van der Waals surface area contributed by atoms with E-state index in [0.29, 0.717) is 6.04 Å². The molecule has 1 heterocycles. The van der Waals surface area contributed by atoms with E-state index in [9.17, 15) is 4.39 Å². The second-order valence-corrected chi connectivity index (χ2v) is 5.87. The minimum Gasteiger partial charge on any atom is -0.365 e. The van der Waals surface area contributed by atoms with Gasteiger partial charge in [0.1, 0.15) is 5.82 Å². The van der Waals surface area contributed by atoms with E-state index < -0.39 is 0 Å². The summed E-state index contributed by atoms with van der Waals surface area (Å²) in [5.41, 5.74) is 7.39. The second-order valence-electron chi connectivity index (χ2n) is 5.87. The van der Waals surface area contributed by atoms with Crippen LogP contribution in [-0.4, -0.2) is 37.6 Å². The van der Waals surface area contributed by atoms with Crippen LogP contribution in [-0.2, 0) is 0 Å². The van der Waals surface area contributed by atoms with Crippen molar-refractivity contribution in [3.8, 4) is 0 Å². The van der Waals surface area contributed by atoms with Gasteiger partial charge in [-0.25, -0.2) is 4.39 Å². The highest BCUT2D eigenvalue weighted by Crippen LogP contribution is 2.27. The Morgan fingerprint density at radius 3 is 2.75 bits per heavy atom. The first-order chi connectivity index (χ1) is 9.52. The Labute approximate surface area is 121 Å². The van der Waals surface area contributed by atoms with Crippen LogP contribution in [0.4, 0.5) is 10.1 Å². The summed E-state index contributed by atoms with van der Waals surface area (Å²) in [6.45, 7) is 7.03. The summed E-state index contributed by atoms with van der Waals surface area (Å²) in [6, 6.07) is 5.67. The Hall–Kier alpha value is -1.13. The molecule has 20 heavy (non-hydrogen) atoms. The molecule has 1 aliphatic rings. The number of hydrogen-bond donors (Lipinski definition) is 1. The summed E-state index contributed by atoms with van der Waals surface area (Å²) >= 11 is 0. The molecule has 4 heteroatoms. The largest absolute Gasteiger partial charge is 0.365 e. The Morgan fingerprint density at radius 1 is 1.40 bits per heavy atom. The minimum absolute atomic E-state index is 0.129. The number of likely N-dealkylation sites (N-methyl/N-ethyl adjacent to an activating group) is 1. The lowest BCUT2D eigenvalue weighted by atomic mass is 10.1. The fraction of sp³-hybridized carbons (Fsp3) is 0.625. The monoisotopic (exact) mass is 279 g/mol. The molecule has 2 N–H and O–H groups in total. The van der Waals surface area contributed by atoms with Crippen LogP contribution in [0.1, 0.15) is 38.3 Å². The van der Waals surface area contributed by atoms with Crippen LogP contribution in [0.2, 0.25) is 0 Å². The van der Waals surface area contributed by atoms with Gasteiger partial charge in [-0.2, -0.15) is 0 Å². The van der Waals surface area contributed by atoms with Crippen molar-refractivity contribution in [2.45, 2.75) is 38.8 Å². The zero-order valence-corrected chi connectivity index (χ0v) is 12.8. The van der Waals surface area contributed by atoms with Crippen LogP contribution in [0.25, 0.3) is 0 Å². The molecule has 1 aromatic carbocycles. The standard InChI is InChI=1S/C16H26FN3/c1-4-14-11-19(3)8-5-9-20(14)16-7-6-13(12(2)18)10-15(16)17/h6-7,10,12,14H,4-5,8-9,11,18H2,1-3H3/t12-,14?/m1/s1. The smallest absolute Gasteiger partial charge is 0.146 e. The third-order valence-electron chi connectivity index (χ3n) is 4.18.